The van der Waals surface area contributed by atoms with Crippen LogP contribution in [0, 0.1) is 17.6 Å². The van der Waals surface area contributed by atoms with Gasteiger partial charge in [-0.25, -0.2) is 18.7 Å². The quantitative estimate of drug-likeness (QED) is 0.626. The average molecular weight is 394 g/mol. The standard InChI is InChI=1S/C22H16F2N2O3/c23-13-2-1-12(18(24)8-13)7-14(27)9-17-21-16-10-15(3-4-19(16)29-22(17)21)28-20-5-6-25-11-26-20/h1-6,8,10-11,17,21-22H,7,9H2/t17-,21-,22+/m0/s1. The van der Waals surface area contributed by atoms with Gasteiger partial charge in [-0.15, -0.1) is 0 Å². The van der Waals surface area contributed by atoms with Gasteiger partial charge in [-0.2, -0.15) is 0 Å². The molecule has 0 unspecified atom stereocenters. The zero-order chi connectivity index (χ0) is 20.0. The number of ketones is 1. The van der Waals surface area contributed by atoms with Crippen molar-refractivity contribution < 1.29 is 23.0 Å². The molecule has 29 heavy (non-hydrogen) atoms. The molecule has 2 aliphatic rings. The Labute approximate surface area is 165 Å². The maximum Gasteiger partial charge on any atom is 0.222 e. The lowest BCUT2D eigenvalue weighted by atomic mass is 10.0. The Morgan fingerprint density at radius 1 is 1.14 bits per heavy atom. The van der Waals surface area contributed by atoms with Crippen LogP contribution in [0.2, 0.25) is 0 Å². The number of Topliss-reactive ketones (excluding diaryl/α,β-unsaturated/α-hetero) is 1. The molecule has 0 saturated heterocycles. The van der Waals surface area contributed by atoms with Gasteiger partial charge in [0.2, 0.25) is 5.88 Å². The number of hydrogen-bond donors (Lipinski definition) is 0. The van der Waals surface area contributed by atoms with Crippen molar-refractivity contribution in [2.45, 2.75) is 24.9 Å². The van der Waals surface area contributed by atoms with Crippen molar-refractivity contribution in [3.05, 3.63) is 77.8 Å². The van der Waals surface area contributed by atoms with Gasteiger partial charge >= 0.3 is 0 Å². The molecule has 2 aromatic carbocycles. The summed E-state index contributed by atoms with van der Waals surface area (Å²) in [6.07, 6.45) is 3.21. The minimum absolute atomic E-state index is 0.0404. The summed E-state index contributed by atoms with van der Waals surface area (Å²) in [6, 6.07) is 10.5. The summed E-state index contributed by atoms with van der Waals surface area (Å²) in [5, 5.41) is 0. The van der Waals surface area contributed by atoms with Gasteiger partial charge in [0, 0.05) is 48.6 Å². The zero-order valence-electron chi connectivity index (χ0n) is 15.2. The van der Waals surface area contributed by atoms with Crippen LogP contribution in [0.5, 0.6) is 17.4 Å². The summed E-state index contributed by atoms with van der Waals surface area (Å²) >= 11 is 0. The topological polar surface area (TPSA) is 61.3 Å². The number of aromatic nitrogens is 2. The molecule has 1 fully saturated rings. The number of hydrogen-bond acceptors (Lipinski definition) is 5. The van der Waals surface area contributed by atoms with Gasteiger partial charge in [-0.3, -0.25) is 4.79 Å². The molecule has 5 rings (SSSR count). The first kappa shape index (κ1) is 17.7. The van der Waals surface area contributed by atoms with Crippen LogP contribution in [0.15, 0.2) is 55.0 Å². The van der Waals surface area contributed by atoms with Gasteiger partial charge in [-0.05, 0) is 29.8 Å². The third kappa shape index (κ3) is 3.44. The van der Waals surface area contributed by atoms with E-state index in [0.717, 1.165) is 23.4 Å². The Kier molecular flexibility index (Phi) is 4.23. The fourth-order valence-corrected chi connectivity index (χ4v) is 3.93. The highest BCUT2D eigenvalue weighted by Crippen LogP contribution is 2.60. The highest BCUT2D eigenvalue weighted by molar-refractivity contribution is 5.82. The third-order valence-corrected chi connectivity index (χ3v) is 5.34. The number of fused-ring (bicyclic) bond motifs is 3. The molecule has 1 saturated carbocycles. The Morgan fingerprint density at radius 3 is 2.83 bits per heavy atom. The van der Waals surface area contributed by atoms with Gasteiger partial charge in [0.25, 0.3) is 0 Å². The maximum absolute atomic E-state index is 13.8. The zero-order valence-corrected chi connectivity index (χ0v) is 15.2. The Balaban J connectivity index is 1.25. The predicted octanol–water partition coefficient (Wildman–Crippen LogP) is 4.22. The maximum atomic E-state index is 13.8. The van der Waals surface area contributed by atoms with Gasteiger partial charge in [0.15, 0.2) is 0 Å². The van der Waals surface area contributed by atoms with E-state index in [0.29, 0.717) is 18.1 Å². The molecule has 2 heterocycles. The fraction of sp³-hybridized carbons (Fsp3) is 0.227. The highest BCUT2D eigenvalue weighted by Gasteiger charge is 2.59. The molecule has 146 valence electrons. The molecular formula is C22H16F2N2O3. The van der Waals surface area contributed by atoms with Crippen molar-refractivity contribution in [3.8, 4) is 17.4 Å². The number of rotatable bonds is 6. The fourth-order valence-electron chi connectivity index (χ4n) is 3.93. The van der Waals surface area contributed by atoms with E-state index in [-0.39, 0.29) is 35.7 Å². The molecule has 0 bridgehead atoms. The van der Waals surface area contributed by atoms with E-state index >= 15 is 0 Å². The first-order valence-electron chi connectivity index (χ1n) is 9.28. The van der Waals surface area contributed by atoms with Crippen molar-refractivity contribution >= 4 is 5.78 Å². The van der Waals surface area contributed by atoms with Crippen LogP contribution in [0.1, 0.15) is 23.5 Å². The first-order valence-corrected chi connectivity index (χ1v) is 9.28. The lowest BCUT2D eigenvalue weighted by Crippen LogP contribution is -2.09. The molecule has 0 radical (unpaired) electrons. The van der Waals surface area contributed by atoms with Crippen molar-refractivity contribution in [1.82, 2.24) is 9.97 Å². The molecule has 1 aliphatic carbocycles. The smallest absolute Gasteiger partial charge is 0.222 e. The van der Waals surface area contributed by atoms with Crippen LogP contribution in [-0.4, -0.2) is 21.9 Å². The predicted molar refractivity (Wildman–Crippen MR) is 98.9 cm³/mol. The molecule has 1 aliphatic heterocycles. The second-order valence-corrected chi connectivity index (χ2v) is 7.28. The molecule has 0 amide bonds. The number of nitrogens with zero attached hydrogens (tertiary/aromatic N) is 2. The van der Waals surface area contributed by atoms with E-state index in [9.17, 15) is 13.6 Å². The van der Waals surface area contributed by atoms with Gasteiger partial charge in [0.1, 0.15) is 41.3 Å². The summed E-state index contributed by atoms with van der Waals surface area (Å²) in [5.74, 6) is 0.629. The molecule has 7 heteroatoms. The normalized spacial score (nSPS) is 21.1. The van der Waals surface area contributed by atoms with Crippen molar-refractivity contribution in [2.75, 3.05) is 0 Å². The van der Waals surface area contributed by atoms with Gasteiger partial charge in [-0.1, -0.05) is 6.07 Å². The number of ether oxygens (including phenoxy) is 2. The van der Waals surface area contributed by atoms with Crippen LogP contribution in [0.25, 0.3) is 0 Å². The molecular weight excluding hydrogens is 378 g/mol. The second-order valence-electron chi connectivity index (χ2n) is 7.28. The molecule has 1 aromatic heterocycles. The Hall–Kier alpha value is -3.35. The van der Waals surface area contributed by atoms with Crippen LogP contribution < -0.4 is 9.47 Å². The summed E-state index contributed by atoms with van der Waals surface area (Å²) in [5.41, 5.74) is 1.22. The molecule has 5 nitrogen and oxygen atoms in total. The van der Waals surface area contributed by atoms with Crippen molar-refractivity contribution in [3.63, 3.8) is 0 Å². The summed E-state index contributed by atoms with van der Waals surface area (Å²) in [4.78, 5) is 20.3. The Morgan fingerprint density at radius 2 is 2.03 bits per heavy atom. The van der Waals surface area contributed by atoms with E-state index in [1.165, 1.54) is 12.4 Å². The van der Waals surface area contributed by atoms with Crippen LogP contribution in [0.4, 0.5) is 8.78 Å². The molecule has 0 N–H and O–H groups in total. The minimum Gasteiger partial charge on any atom is -0.489 e. The summed E-state index contributed by atoms with van der Waals surface area (Å²) < 4.78 is 38.5. The summed E-state index contributed by atoms with van der Waals surface area (Å²) in [7, 11) is 0. The van der Waals surface area contributed by atoms with Crippen molar-refractivity contribution in [2.24, 2.45) is 5.92 Å². The monoisotopic (exact) mass is 394 g/mol. The summed E-state index contributed by atoms with van der Waals surface area (Å²) in [6.45, 7) is 0. The SMILES string of the molecule is O=C(Cc1ccc(F)cc1F)C[C@@H]1[C@H]2Oc3ccc(Oc4ccncn4)cc3[C@@H]12. The third-order valence-electron chi connectivity index (χ3n) is 5.34. The number of benzene rings is 2. The van der Waals surface area contributed by atoms with E-state index in [1.807, 2.05) is 18.2 Å². The van der Waals surface area contributed by atoms with E-state index in [4.69, 9.17) is 9.47 Å². The van der Waals surface area contributed by atoms with Crippen molar-refractivity contribution in [1.29, 1.82) is 0 Å². The van der Waals surface area contributed by atoms with Crippen LogP contribution in [0.3, 0.4) is 0 Å². The molecule has 3 aromatic rings. The number of carbonyl (C=O) groups is 1. The molecule has 0 spiro atoms. The number of halogens is 2. The van der Waals surface area contributed by atoms with Gasteiger partial charge < -0.3 is 9.47 Å². The average Bonchev–Trinajstić information content (AvgIpc) is 3.22. The number of carbonyl (C=O) groups excluding carboxylic acids is 1. The van der Waals surface area contributed by atoms with Gasteiger partial charge in [0.05, 0.1) is 0 Å². The van der Waals surface area contributed by atoms with E-state index in [2.05, 4.69) is 9.97 Å². The van der Waals surface area contributed by atoms with Crippen LogP contribution >= 0.6 is 0 Å². The van der Waals surface area contributed by atoms with Crippen LogP contribution in [-0.2, 0) is 11.2 Å². The minimum atomic E-state index is -0.692. The second kappa shape index (κ2) is 6.92. The lowest BCUT2D eigenvalue weighted by molar-refractivity contribution is -0.119. The highest BCUT2D eigenvalue weighted by atomic mass is 19.1. The largest absolute Gasteiger partial charge is 0.489 e. The Bertz CT molecular complexity index is 1090. The molecule has 3 atom stereocenters. The van der Waals surface area contributed by atoms with E-state index < -0.39 is 11.6 Å². The lowest BCUT2D eigenvalue weighted by Gasteiger charge is -2.10. The first-order chi connectivity index (χ1) is 14.1. The van der Waals surface area contributed by atoms with E-state index in [1.54, 1.807) is 12.3 Å².